The quantitative estimate of drug-likeness (QED) is 0.506. The fourth-order valence-electron chi connectivity index (χ4n) is 2.42. The molecule has 0 spiro atoms. The van der Waals surface area contributed by atoms with Gasteiger partial charge in [0.25, 0.3) is 0 Å². The van der Waals surface area contributed by atoms with Crippen LogP contribution in [0.1, 0.15) is 36.7 Å². The smallest absolute Gasteiger partial charge is 0.344 e. The predicted molar refractivity (Wildman–Crippen MR) is 67.6 cm³/mol. The first-order chi connectivity index (χ1) is 7.98. The number of carbonyl (C=O) groups is 1. The summed E-state index contributed by atoms with van der Waals surface area (Å²) in [6.07, 6.45) is 0. The Morgan fingerprint density at radius 3 is 2.53 bits per heavy atom. The van der Waals surface area contributed by atoms with Crippen LogP contribution in [0.2, 0.25) is 0 Å². The molecule has 1 aliphatic rings. The van der Waals surface area contributed by atoms with E-state index in [1.54, 1.807) is 0 Å². The van der Waals surface area contributed by atoms with Crippen molar-refractivity contribution in [3.8, 4) is 5.75 Å². The van der Waals surface area contributed by atoms with Crippen molar-refractivity contribution in [3.05, 3.63) is 41.5 Å². The first kappa shape index (κ1) is 10.3. The van der Waals surface area contributed by atoms with E-state index in [0.717, 1.165) is 21.9 Å². The van der Waals surface area contributed by atoms with Crippen molar-refractivity contribution in [1.29, 1.82) is 0 Å². The van der Waals surface area contributed by atoms with Crippen molar-refractivity contribution in [2.45, 2.75) is 26.2 Å². The molecule has 0 unspecified atom stereocenters. The molecule has 0 bridgehead atoms. The second-order valence-electron chi connectivity index (χ2n) is 5.48. The summed E-state index contributed by atoms with van der Waals surface area (Å²) in [5.41, 5.74) is 1.74. The average Bonchev–Trinajstić information content (AvgIpc) is 2.57. The second kappa shape index (κ2) is 3.10. The van der Waals surface area contributed by atoms with Crippen molar-refractivity contribution in [2.75, 3.05) is 0 Å². The van der Waals surface area contributed by atoms with Crippen LogP contribution < -0.4 is 4.74 Å². The third-order valence-electron chi connectivity index (χ3n) is 3.22. The van der Waals surface area contributed by atoms with E-state index < -0.39 is 0 Å². The van der Waals surface area contributed by atoms with Gasteiger partial charge < -0.3 is 4.74 Å². The molecule has 3 rings (SSSR count). The Kier molecular flexibility index (Phi) is 1.88. The zero-order valence-electron chi connectivity index (χ0n) is 10.2. The van der Waals surface area contributed by atoms with Gasteiger partial charge in [-0.1, -0.05) is 45.0 Å². The summed E-state index contributed by atoms with van der Waals surface area (Å²) in [7, 11) is 0. The molecule has 0 aromatic heterocycles. The van der Waals surface area contributed by atoms with Gasteiger partial charge in [0.1, 0.15) is 5.75 Å². The Bertz CT molecular complexity index is 633. The van der Waals surface area contributed by atoms with E-state index >= 15 is 0 Å². The molecule has 0 amide bonds. The Hall–Kier alpha value is -1.83. The summed E-state index contributed by atoms with van der Waals surface area (Å²) in [6, 6.07) is 9.87. The zero-order chi connectivity index (χ0) is 12.2. The Morgan fingerprint density at radius 1 is 1.06 bits per heavy atom. The largest absolute Gasteiger partial charge is 0.422 e. The SMILES string of the molecule is CC(C)(C)c1ccc2cccc3c2c1C(=O)O3. The van der Waals surface area contributed by atoms with E-state index in [4.69, 9.17) is 4.74 Å². The maximum absolute atomic E-state index is 12.0. The molecular weight excluding hydrogens is 212 g/mol. The molecule has 1 aliphatic heterocycles. The summed E-state index contributed by atoms with van der Waals surface area (Å²) < 4.78 is 5.32. The van der Waals surface area contributed by atoms with Crippen molar-refractivity contribution >= 4 is 16.7 Å². The van der Waals surface area contributed by atoms with Crippen LogP contribution in [0, 0.1) is 0 Å². The van der Waals surface area contributed by atoms with Crippen molar-refractivity contribution in [2.24, 2.45) is 0 Å². The van der Waals surface area contributed by atoms with Crippen LogP contribution in [-0.4, -0.2) is 5.97 Å². The van der Waals surface area contributed by atoms with E-state index in [9.17, 15) is 4.79 Å². The summed E-state index contributed by atoms with van der Waals surface area (Å²) in [6.45, 7) is 6.33. The van der Waals surface area contributed by atoms with Crippen molar-refractivity contribution < 1.29 is 9.53 Å². The second-order valence-corrected chi connectivity index (χ2v) is 5.48. The number of hydrogen-bond donors (Lipinski definition) is 0. The molecule has 0 fully saturated rings. The fraction of sp³-hybridized carbons (Fsp3) is 0.267. The van der Waals surface area contributed by atoms with Gasteiger partial charge >= 0.3 is 5.97 Å². The van der Waals surface area contributed by atoms with Gasteiger partial charge in [-0.2, -0.15) is 0 Å². The average molecular weight is 226 g/mol. The highest BCUT2D eigenvalue weighted by Crippen LogP contribution is 2.40. The van der Waals surface area contributed by atoms with Gasteiger partial charge in [-0.15, -0.1) is 0 Å². The minimum absolute atomic E-state index is 0.0556. The molecule has 0 N–H and O–H groups in total. The lowest BCUT2D eigenvalue weighted by molar-refractivity contribution is 0.0752. The molecule has 2 nitrogen and oxygen atoms in total. The summed E-state index contributed by atoms with van der Waals surface area (Å²) >= 11 is 0. The van der Waals surface area contributed by atoms with E-state index in [1.165, 1.54) is 0 Å². The van der Waals surface area contributed by atoms with Crippen LogP contribution in [0.3, 0.4) is 0 Å². The fourth-order valence-corrected chi connectivity index (χ4v) is 2.42. The molecule has 86 valence electrons. The van der Waals surface area contributed by atoms with E-state index in [0.29, 0.717) is 5.75 Å². The van der Waals surface area contributed by atoms with Crippen LogP contribution in [-0.2, 0) is 5.41 Å². The zero-order valence-corrected chi connectivity index (χ0v) is 10.2. The highest BCUT2D eigenvalue weighted by molar-refractivity contribution is 6.14. The maximum atomic E-state index is 12.0. The standard InChI is InChI=1S/C15H14O2/c1-15(2,3)10-8-7-9-5-4-6-11-12(9)13(10)14(16)17-11/h4-8H,1-3H3. The third-order valence-corrected chi connectivity index (χ3v) is 3.22. The van der Waals surface area contributed by atoms with Gasteiger partial charge in [0, 0.05) is 5.39 Å². The van der Waals surface area contributed by atoms with Crippen LogP contribution in [0.15, 0.2) is 30.3 Å². The van der Waals surface area contributed by atoms with Crippen LogP contribution in [0.5, 0.6) is 5.75 Å². The molecule has 2 aromatic rings. The summed E-state index contributed by atoms with van der Waals surface area (Å²) in [5.74, 6) is 0.468. The minimum Gasteiger partial charge on any atom is -0.422 e. The number of carbonyl (C=O) groups excluding carboxylic acids is 1. The van der Waals surface area contributed by atoms with E-state index in [2.05, 4.69) is 26.8 Å². The van der Waals surface area contributed by atoms with Gasteiger partial charge in [-0.05, 0) is 22.4 Å². The van der Waals surface area contributed by atoms with E-state index in [-0.39, 0.29) is 11.4 Å². The normalized spacial score (nSPS) is 14.2. The lowest BCUT2D eigenvalue weighted by atomic mass is 9.82. The molecule has 1 heterocycles. The molecular formula is C15H14O2. The summed E-state index contributed by atoms with van der Waals surface area (Å²) in [5, 5.41) is 2.03. The van der Waals surface area contributed by atoms with Gasteiger partial charge in [0.2, 0.25) is 0 Å². The number of hydrogen-bond acceptors (Lipinski definition) is 2. The lowest BCUT2D eigenvalue weighted by Crippen LogP contribution is -2.16. The summed E-state index contributed by atoms with van der Waals surface area (Å²) in [4.78, 5) is 12.0. The van der Waals surface area contributed by atoms with Crippen LogP contribution in [0.25, 0.3) is 10.8 Å². The first-order valence-electron chi connectivity index (χ1n) is 5.77. The maximum Gasteiger partial charge on any atom is 0.344 e. The lowest BCUT2D eigenvalue weighted by Gasteiger charge is -2.21. The Labute approximate surface area is 100 Å². The van der Waals surface area contributed by atoms with Gasteiger partial charge in [0.05, 0.1) is 5.56 Å². The molecule has 0 atom stereocenters. The number of ether oxygens (including phenoxy) is 1. The van der Waals surface area contributed by atoms with Gasteiger partial charge in [-0.3, -0.25) is 0 Å². The Balaban J connectivity index is 2.46. The Morgan fingerprint density at radius 2 is 1.82 bits per heavy atom. The van der Waals surface area contributed by atoms with Gasteiger partial charge in [0.15, 0.2) is 0 Å². The molecule has 0 saturated carbocycles. The molecule has 2 aromatic carbocycles. The molecule has 17 heavy (non-hydrogen) atoms. The first-order valence-corrected chi connectivity index (χ1v) is 5.77. The molecule has 2 heteroatoms. The van der Waals surface area contributed by atoms with Gasteiger partial charge in [-0.25, -0.2) is 4.79 Å². The van der Waals surface area contributed by atoms with Crippen molar-refractivity contribution in [1.82, 2.24) is 0 Å². The van der Waals surface area contributed by atoms with Crippen LogP contribution >= 0.6 is 0 Å². The molecule has 0 aliphatic carbocycles. The molecule has 0 radical (unpaired) electrons. The molecule has 0 saturated heterocycles. The number of esters is 1. The third kappa shape index (κ3) is 1.37. The predicted octanol–water partition coefficient (Wildman–Crippen LogP) is 3.67. The highest BCUT2D eigenvalue weighted by atomic mass is 16.5. The van der Waals surface area contributed by atoms with Crippen LogP contribution in [0.4, 0.5) is 0 Å². The van der Waals surface area contributed by atoms with E-state index in [1.807, 2.05) is 24.3 Å². The number of benzene rings is 2. The highest BCUT2D eigenvalue weighted by Gasteiger charge is 2.30. The number of rotatable bonds is 0. The van der Waals surface area contributed by atoms with Crippen molar-refractivity contribution in [3.63, 3.8) is 0 Å². The topological polar surface area (TPSA) is 26.3 Å². The monoisotopic (exact) mass is 226 g/mol. The minimum atomic E-state index is -0.221.